The van der Waals surface area contributed by atoms with E-state index in [9.17, 15) is 10.4 Å². The van der Waals surface area contributed by atoms with Crippen molar-refractivity contribution in [3.8, 4) is 17.6 Å². The highest BCUT2D eigenvalue weighted by Crippen LogP contribution is 2.53. The van der Waals surface area contributed by atoms with Gasteiger partial charge in [0, 0.05) is 37.3 Å². The maximum absolute atomic E-state index is 9.55. The van der Waals surface area contributed by atoms with Crippen LogP contribution in [0.2, 0.25) is 0 Å². The first-order valence-electron chi connectivity index (χ1n) is 8.02. The summed E-state index contributed by atoms with van der Waals surface area (Å²) in [6, 6.07) is 5.97. The van der Waals surface area contributed by atoms with Gasteiger partial charge in [0.25, 0.3) is 0 Å². The Morgan fingerprint density at radius 2 is 2.04 bits per heavy atom. The summed E-state index contributed by atoms with van der Waals surface area (Å²) < 4.78 is 10.8. The molecular formula is C18H19N3O3. The first-order chi connectivity index (χ1) is 11.7. The number of anilines is 1. The fourth-order valence-electron chi connectivity index (χ4n) is 4.03. The number of ether oxygens (including phenoxy) is 2. The van der Waals surface area contributed by atoms with Gasteiger partial charge in [0.2, 0.25) is 0 Å². The quantitative estimate of drug-likeness (QED) is 0.923. The monoisotopic (exact) mass is 325 g/mol. The van der Waals surface area contributed by atoms with Crippen LogP contribution in [0, 0.1) is 29.1 Å². The van der Waals surface area contributed by atoms with Crippen molar-refractivity contribution in [2.24, 2.45) is 17.8 Å². The normalized spacial score (nSPS) is 24.6. The molecule has 0 amide bonds. The van der Waals surface area contributed by atoms with Gasteiger partial charge in [-0.05, 0) is 23.8 Å². The number of piperidine rings is 1. The van der Waals surface area contributed by atoms with Crippen LogP contribution < -0.4 is 14.4 Å². The zero-order valence-corrected chi connectivity index (χ0v) is 13.7. The Morgan fingerprint density at radius 3 is 2.62 bits per heavy atom. The summed E-state index contributed by atoms with van der Waals surface area (Å²) in [6.07, 6.45) is 1.61. The van der Waals surface area contributed by atoms with Crippen molar-refractivity contribution in [1.29, 1.82) is 5.26 Å². The lowest BCUT2D eigenvalue weighted by Gasteiger charge is -2.25. The number of aromatic nitrogens is 1. The fraction of sp³-hybridized carbons (Fsp3) is 0.444. The lowest BCUT2D eigenvalue weighted by Crippen LogP contribution is -2.26. The number of aliphatic hydroxyl groups excluding tert-OH is 1. The van der Waals surface area contributed by atoms with Crippen molar-refractivity contribution >= 4 is 16.6 Å². The van der Waals surface area contributed by atoms with Crippen molar-refractivity contribution in [3.05, 3.63) is 23.9 Å². The van der Waals surface area contributed by atoms with E-state index in [4.69, 9.17) is 9.47 Å². The average Bonchev–Trinajstić information content (AvgIpc) is 3.10. The van der Waals surface area contributed by atoms with Crippen LogP contribution >= 0.6 is 0 Å². The summed E-state index contributed by atoms with van der Waals surface area (Å²) in [7, 11) is 3.21. The van der Waals surface area contributed by atoms with Gasteiger partial charge in [0.15, 0.2) is 0 Å². The zero-order chi connectivity index (χ0) is 16.8. The molecule has 1 saturated carbocycles. The third kappa shape index (κ3) is 2.09. The second-order valence-corrected chi connectivity index (χ2v) is 6.44. The van der Waals surface area contributed by atoms with Crippen LogP contribution in [0.25, 0.3) is 10.9 Å². The van der Waals surface area contributed by atoms with E-state index >= 15 is 0 Å². The molecule has 24 heavy (non-hydrogen) atoms. The van der Waals surface area contributed by atoms with E-state index in [1.54, 1.807) is 26.5 Å². The van der Waals surface area contributed by atoms with E-state index in [1.807, 2.05) is 6.07 Å². The van der Waals surface area contributed by atoms with E-state index in [2.05, 4.69) is 16.0 Å². The van der Waals surface area contributed by atoms with Gasteiger partial charge in [-0.2, -0.15) is 5.26 Å². The van der Waals surface area contributed by atoms with Crippen LogP contribution in [0.5, 0.6) is 11.5 Å². The molecule has 1 aliphatic heterocycles. The molecular weight excluding hydrogens is 306 g/mol. The van der Waals surface area contributed by atoms with Gasteiger partial charge in [0.05, 0.1) is 25.5 Å². The third-order valence-corrected chi connectivity index (χ3v) is 5.36. The lowest BCUT2D eigenvalue weighted by molar-refractivity contribution is 0.260. The van der Waals surface area contributed by atoms with Gasteiger partial charge in [0.1, 0.15) is 23.1 Å². The summed E-state index contributed by atoms with van der Waals surface area (Å²) in [5.41, 5.74) is 2.18. The van der Waals surface area contributed by atoms with Crippen LogP contribution in [-0.4, -0.2) is 44.0 Å². The van der Waals surface area contributed by atoms with Crippen LogP contribution in [0.4, 0.5) is 5.69 Å². The summed E-state index contributed by atoms with van der Waals surface area (Å²) in [5, 5.41) is 19.8. The molecule has 2 heterocycles. The van der Waals surface area contributed by atoms with Gasteiger partial charge < -0.3 is 19.5 Å². The van der Waals surface area contributed by atoms with E-state index in [-0.39, 0.29) is 6.61 Å². The molecule has 2 aliphatic rings. The summed E-state index contributed by atoms with van der Waals surface area (Å²) in [6.45, 7) is 1.99. The van der Waals surface area contributed by atoms with Crippen LogP contribution in [0.1, 0.15) is 5.56 Å². The molecule has 2 fully saturated rings. The first-order valence-corrected chi connectivity index (χ1v) is 8.02. The van der Waals surface area contributed by atoms with E-state index in [0.717, 1.165) is 29.7 Å². The highest BCUT2D eigenvalue weighted by molar-refractivity contribution is 5.98. The SMILES string of the molecule is COc1cc(OC)c2ncc(C#N)c(N3C[C@@H]4C(CO)[C@@H]4C3)c2c1. The number of fused-ring (bicyclic) bond motifs is 2. The molecule has 0 radical (unpaired) electrons. The third-order valence-electron chi connectivity index (χ3n) is 5.36. The molecule has 1 aromatic heterocycles. The van der Waals surface area contributed by atoms with Crippen molar-refractivity contribution in [2.75, 3.05) is 38.8 Å². The number of pyridine rings is 1. The molecule has 0 spiro atoms. The maximum atomic E-state index is 9.55. The number of methoxy groups -OCH3 is 2. The minimum atomic E-state index is 0.257. The molecule has 3 atom stereocenters. The number of nitrogens with zero attached hydrogens (tertiary/aromatic N) is 3. The number of hydrogen-bond donors (Lipinski definition) is 1. The zero-order valence-electron chi connectivity index (χ0n) is 13.7. The Morgan fingerprint density at radius 1 is 1.29 bits per heavy atom. The Balaban J connectivity index is 1.85. The second kappa shape index (κ2) is 5.53. The topological polar surface area (TPSA) is 78.6 Å². The number of aliphatic hydroxyl groups is 1. The largest absolute Gasteiger partial charge is 0.497 e. The number of benzene rings is 1. The Bertz CT molecular complexity index is 833. The molecule has 4 rings (SSSR count). The van der Waals surface area contributed by atoms with E-state index in [0.29, 0.717) is 34.8 Å². The molecule has 2 aromatic rings. The van der Waals surface area contributed by atoms with Gasteiger partial charge in [-0.1, -0.05) is 0 Å². The second-order valence-electron chi connectivity index (χ2n) is 6.44. The van der Waals surface area contributed by atoms with Crippen molar-refractivity contribution in [2.45, 2.75) is 0 Å². The lowest BCUT2D eigenvalue weighted by atomic mass is 10.1. The minimum Gasteiger partial charge on any atom is -0.497 e. The molecule has 0 bridgehead atoms. The molecule has 6 nitrogen and oxygen atoms in total. The molecule has 1 N–H and O–H groups in total. The van der Waals surface area contributed by atoms with Crippen LogP contribution in [-0.2, 0) is 0 Å². The Kier molecular flexibility index (Phi) is 3.47. The molecule has 6 heteroatoms. The summed E-state index contributed by atoms with van der Waals surface area (Å²) >= 11 is 0. The van der Waals surface area contributed by atoms with E-state index in [1.165, 1.54) is 0 Å². The number of hydrogen-bond acceptors (Lipinski definition) is 6. The predicted octanol–water partition coefficient (Wildman–Crippen LogP) is 1.80. The summed E-state index contributed by atoms with van der Waals surface area (Å²) in [5.74, 6) is 2.78. The first kappa shape index (κ1) is 15.0. The summed E-state index contributed by atoms with van der Waals surface area (Å²) in [4.78, 5) is 6.66. The smallest absolute Gasteiger partial charge is 0.148 e. The maximum Gasteiger partial charge on any atom is 0.148 e. The average molecular weight is 325 g/mol. The molecule has 1 aliphatic carbocycles. The van der Waals surface area contributed by atoms with Crippen molar-refractivity contribution < 1.29 is 14.6 Å². The van der Waals surface area contributed by atoms with Crippen LogP contribution in [0.15, 0.2) is 18.3 Å². The molecule has 124 valence electrons. The Labute approximate surface area is 140 Å². The number of nitriles is 1. The van der Waals surface area contributed by atoms with Gasteiger partial charge in [-0.15, -0.1) is 0 Å². The van der Waals surface area contributed by atoms with Crippen molar-refractivity contribution in [3.63, 3.8) is 0 Å². The highest BCUT2D eigenvalue weighted by Gasteiger charge is 2.55. The van der Waals surface area contributed by atoms with Crippen LogP contribution in [0.3, 0.4) is 0 Å². The fourth-order valence-corrected chi connectivity index (χ4v) is 4.03. The Hall–Kier alpha value is -2.52. The van der Waals surface area contributed by atoms with E-state index < -0.39 is 0 Å². The highest BCUT2D eigenvalue weighted by atomic mass is 16.5. The van der Waals surface area contributed by atoms with Crippen molar-refractivity contribution in [1.82, 2.24) is 4.98 Å². The molecule has 1 saturated heterocycles. The predicted molar refractivity (Wildman–Crippen MR) is 89.3 cm³/mol. The molecule has 1 unspecified atom stereocenters. The van der Waals surface area contributed by atoms with Gasteiger partial charge in [-0.25, -0.2) is 0 Å². The van der Waals surface area contributed by atoms with Gasteiger partial charge >= 0.3 is 0 Å². The van der Waals surface area contributed by atoms with Gasteiger partial charge in [-0.3, -0.25) is 4.98 Å². The standard InChI is InChI=1S/C18H19N3O3/c1-23-11-3-12-17(16(4-11)24-2)20-6-10(5-19)18(12)21-7-13-14(8-21)15(13)9-22/h3-4,6,13-15,22H,7-9H2,1-2H3/t13-,14+,15?. The molecule has 1 aromatic carbocycles. The number of rotatable bonds is 4. The minimum absolute atomic E-state index is 0.257.